The average molecular weight is 1140 g/mol. The van der Waals surface area contributed by atoms with Gasteiger partial charge in [0.1, 0.15) is 22.5 Å². The molecule has 6 aromatic rings. The largest absolute Gasteiger partial charge is 1.00 e. The fraction of sp³-hybridized carbons (Fsp3) is 0.259. The normalized spacial score (nSPS) is 18.7. The highest BCUT2D eigenvalue weighted by Gasteiger charge is 2.28. The van der Waals surface area contributed by atoms with Crippen molar-refractivity contribution < 1.29 is 57.1 Å². The van der Waals surface area contributed by atoms with E-state index in [9.17, 15) is 0 Å². The van der Waals surface area contributed by atoms with Gasteiger partial charge >= 0.3 is 0 Å². The Morgan fingerprint density at radius 2 is 1.19 bits per heavy atom. The fourth-order valence-corrected chi connectivity index (χ4v) is 13.7. The molecule has 0 radical (unpaired) electrons. The number of aryl methyl sites for hydroxylation is 2. The summed E-state index contributed by atoms with van der Waals surface area (Å²) in [6.07, 6.45) is 23.7. The monoisotopic (exact) mass is 1140 g/mol. The molecule has 0 saturated carbocycles. The molecule has 0 N–H and O–H groups in total. The van der Waals surface area contributed by atoms with Gasteiger partial charge in [0.05, 0.1) is 21.4 Å². The van der Waals surface area contributed by atoms with E-state index >= 15 is 0 Å². The first kappa shape index (κ1) is 48.5. The lowest BCUT2D eigenvalue weighted by molar-refractivity contribution is -0.665. The molecule has 1 unspecified atom stereocenters. The quantitative estimate of drug-likeness (QED) is 0.0818. The van der Waals surface area contributed by atoms with Crippen LogP contribution < -0.4 is 66.9 Å². The van der Waals surface area contributed by atoms with Crippen LogP contribution >= 0.6 is 46.2 Å². The van der Waals surface area contributed by atoms with Crippen molar-refractivity contribution in [2.45, 2.75) is 83.2 Å². The van der Waals surface area contributed by atoms with E-state index in [0.717, 1.165) is 32.1 Å². The molecule has 1 atom stereocenters. The van der Waals surface area contributed by atoms with Crippen LogP contribution in [0.1, 0.15) is 70.3 Å². The van der Waals surface area contributed by atoms with E-state index in [4.69, 9.17) is 0 Å². The van der Waals surface area contributed by atoms with Crippen molar-refractivity contribution in [3.63, 3.8) is 0 Å². The van der Waals surface area contributed by atoms with E-state index in [2.05, 4.69) is 199 Å². The smallest absolute Gasteiger partial charge is 0.263 e. The van der Waals surface area contributed by atoms with E-state index in [0.29, 0.717) is 0 Å². The molecule has 0 spiro atoms. The summed E-state index contributed by atoms with van der Waals surface area (Å²) in [5, 5.41) is 5.33. The fourth-order valence-electron chi connectivity index (χ4n) is 8.99. The number of halogens is 2. The molecule has 4 aromatic carbocycles. The minimum absolute atomic E-state index is 0. The standard InChI is InChI=1S/C30H31N2S2.C24H25N2S2.2HI/c1-3-31-25-9-5-7-11-27(25)33-29(31)19-21-13-15-23-16-14-22(18-24(23)17-21)20-30-32(4-2)26-10-6-8-12-28(26)34-30;1-4-25-19-10-6-8-12-21(19)27-23(25)16-14-18(3)15-17-24-26(5-2)20-11-7-9-13-22(20)28-24;;/h5-12,17-20,23H,3-4,13-16H2,1-2H3;6-17H,4-5H2,1-3H3;2*1H/q2*+1;;/p-2. The predicted octanol–water partition coefficient (Wildman–Crippen LogP) is 8.77. The molecular formula is C54H56I2N4S4. The lowest BCUT2D eigenvalue weighted by atomic mass is 9.77. The van der Waals surface area contributed by atoms with Gasteiger partial charge in [-0.15, -0.1) is 0 Å². The topological polar surface area (TPSA) is 14.2 Å². The highest BCUT2D eigenvalue weighted by Crippen LogP contribution is 2.48. The second-order valence-electron chi connectivity index (χ2n) is 16.0. The predicted molar refractivity (Wildman–Crippen MR) is 271 cm³/mol. The zero-order valence-electron chi connectivity index (χ0n) is 37.3. The van der Waals surface area contributed by atoms with E-state index in [1.165, 1.54) is 110 Å². The number of benzene rings is 4. The van der Waals surface area contributed by atoms with Gasteiger partial charge in [0.15, 0.2) is 0 Å². The Kier molecular flexibility index (Phi) is 17.0. The summed E-state index contributed by atoms with van der Waals surface area (Å²) in [6, 6.07) is 34.8. The van der Waals surface area contributed by atoms with Gasteiger partial charge in [-0.05, 0) is 131 Å². The van der Waals surface area contributed by atoms with Gasteiger partial charge in [-0.1, -0.05) is 125 Å². The number of rotatable bonds is 9. The number of aromatic nitrogens is 2. The van der Waals surface area contributed by atoms with Gasteiger partial charge < -0.3 is 57.8 Å². The number of anilines is 2. The molecule has 64 heavy (non-hydrogen) atoms. The number of para-hydroxylation sites is 4. The number of thiazole rings is 2. The molecule has 2 aliphatic carbocycles. The van der Waals surface area contributed by atoms with Crippen LogP contribution in [-0.2, 0) is 13.1 Å². The summed E-state index contributed by atoms with van der Waals surface area (Å²) in [7, 11) is 0. The molecule has 10 heteroatoms. The number of nitrogens with zero attached hydrogens (tertiary/aromatic N) is 4. The van der Waals surface area contributed by atoms with Crippen LogP contribution in [0.5, 0.6) is 0 Å². The zero-order chi connectivity index (χ0) is 42.6. The maximum Gasteiger partial charge on any atom is 0.263 e. The van der Waals surface area contributed by atoms with Gasteiger partial charge in [-0.3, -0.25) is 0 Å². The number of hydrogen-bond acceptors (Lipinski definition) is 6. The second-order valence-corrected chi connectivity index (χ2v) is 20.3. The molecule has 0 fully saturated rings. The molecule has 0 bridgehead atoms. The SMILES string of the molecule is CCN1/C(=C/C2=CC3=C/C(=C/c4sc5ccccc5[n+]4CC)CCC3CC2)Sc2ccccc21.CCN1C(=CC=C(C)C=Cc2sc3ccccc3[n+]2CC)Sc2ccccc21.[I-].[I-]. The number of hydrogen-bond donors (Lipinski definition) is 0. The van der Waals surface area contributed by atoms with Crippen molar-refractivity contribution in [3.05, 3.63) is 176 Å². The van der Waals surface area contributed by atoms with Crippen LogP contribution in [0.15, 0.2) is 176 Å². The first-order chi connectivity index (χ1) is 30.4. The Morgan fingerprint density at radius 1 is 0.641 bits per heavy atom. The van der Waals surface area contributed by atoms with Crippen LogP contribution in [-0.4, -0.2) is 13.1 Å². The van der Waals surface area contributed by atoms with Crippen molar-refractivity contribution in [1.29, 1.82) is 0 Å². The van der Waals surface area contributed by atoms with Crippen LogP contribution in [0.3, 0.4) is 0 Å². The molecule has 330 valence electrons. The summed E-state index contributed by atoms with van der Waals surface area (Å²) in [5.41, 5.74) is 11.1. The Balaban J connectivity index is 0.000000189. The summed E-state index contributed by atoms with van der Waals surface area (Å²) in [5.74, 6) is 0.718. The van der Waals surface area contributed by atoms with Crippen LogP contribution in [0.2, 0.25) is 0 Å². The lowest BCUT2D eigenvalue weighted by Crippen LogP contribution is -3.00. The van der Waals surface area contributed by atoms with Crippen molar-refractivity contribution in [2.75, 3.05) is 22.9 Å². The number of allylic oxidation sites excluding steroid dienone is 10. The molecule has 2 aliphatic heterocycles. The summed E-state index contributed by atoms with van der Waals surface area (Å²) < 4.78 is 7.55. The third-order valence-corrected chi connectivity index (χ3v) is 16.6. The molecule has 4 aliphatic rings. The summed E-state index contributed by atoms with van der Waals surface area (Å²) in [6.45, 7) is 15.1. The van der Waals surface area contributed by atoms with Crippen LogP contribution in [0.25, 0.3) is 32.6 Å². The minimum atomic E-state index is 0. The van der Waals surface area contributed by atoms with E-state index in [1.807, 2.05) is 46.2 Å². The summed E-state index contributed by atoms with van der Waals surface area (Å²) in [4.78, 5) is 7.55. The first-order valence-corrected chi connectivity index (χ1v) is 25.5. The Labute approximate surface area is 431 Å². The van der Waals surface area contributed by atoms with Crippen molar-refractivity contribution in [2.24, 2.45) is 5.92 Å². The van der Waals surface area contributed by atoms with Gasteiger partial charge in [-0.25, -0.2) is 0 Å². The maximum absolute atomic E-state index is 2.49. The lowest BCUT2D eigenvalue weighted by Gasteiger charge is -2.28. The molecule has 0 saturated heterocycles. The van der Waals surface area contributed by atoms with Gasteiger partial charge in [0.2, 0.25) is 11.0 Å². The van der Waals surface area contributed by atoms with E-state index in [1.54, 1.807) is 0 Å². The minimum Gasteiger partial charge on any atom is -1.00 e. The molecular weight excluding hydrogens is 1090 g/mol. The molecule has 4 nitrogen and oxygen atoms in total. The highest BCUT2D eigenvalue weighted by atomic mass is 127. The van der Waals surface area contributed by atoms with Crippen LogP contribution in [0, 0.1) is 5.92 Å². The molecule has 4 heterocycles. The average Bonchev–Trinajstić information content (AvgIpc) is 4.06. The third kappa shape index (κ3) is 10.4. The van der Waals surface area contributed by atoms with Gasteiger partial charge in [-0.2, -0.15) is 9.13 Å². The van der Waals surface area contributed by atoms with Crippen molar-refractivity contribution in [3.8, 4) is 0 Å². The highest BCUT2D eigenvalue weighted by molar-refractivity contribution is 8.04. The number of fused-ring (bicyclic) bond motifs is 5. The van der Waals surface area contributed by atoms with Crippen molar-refractivity contribution >= 4 is 90.2 Å². The Morgan fingerprint density at radius 3 is 1.83 bits per heavy atom. The first-order valence-electron chi connectivity index (χ1n) is 22.3. The Bertz CT molecular complexity index is 2860. The van der Waals surface area contributed by atoms with Crippen molar-refractivity contribution in [1.82, 2.24) is 0 Å². The Hall–Kier alpha value is -3.40. The zero-order valence-corrected chi connectivity index (χ0v) is 44.8. The molecule has 10 rings (SSSR count). The summed E-state index contributed by atoms with van der Waals surface area (Å²) >= 11 is 7.53. The van der Waals surface area contributed by atoms with Gasteiger partial charge in [0.25, 0.3) is 10.0 Å². The van der Waals surface area contributed by atoms with Gasteiger partial charge in [0, 0.05) is 47.2 Å². The maximum atomic E-state index is 2.49. The van der Waals surface area contributed by atoms with E-state index < -0.39 is 0 Å². The number of thioether (sulfide) groups is 2. The van der Waals surface area contributed by atoms with E-state index in [-0.39, 0.29) is 48.0 Å². The third-order valence-electron chi connectivity index (χ3n) is 12.1. The second kappa shape index (κ2) is 22.4. The molecule has 2 aromatic heterocycles. The molecule has 0 amide bonds. The van der Waals surface area contributed by atoms with Crippen LogP contribution in [0.4, 0.5) is 11.4 Å².